The van der Waals surface area contributed by atoms with Gasteiger partial charge in [0.25, 0.3) is 0 Å². The molecule has 26 heavy (non-hydrogen) atoms. The topological polar surface area (TPSA) is 54.4 Å². The van der Waals surface area contributed by atoms with Crippen LogP contribution < -0.4 is 9.80 Å². The van der Waals surface area contributed by atoms with Gasteiger partial charge in [0.1, 0.15) is 11.0 Å². The molecule has 4 rings (SSSR count). The molecule has 0 N–H and O–H groups in total. The van der Waals surface area contributed by atoms with E-state index in [-0.39, 0.29) is 6.04 Å². The van der Waals surface area contributed by atoms with Gasteiger partial charge in [0.05, 0.1) is 24.6 Å². The Morgan fingerprint density at radius 1 is 1.15 bits per heavy atom. The maximum absolute atomic E-state index is 6.16. The second kappa shape index (κ2) is 7.53. The van der Waals surface area contributed by atoms with Crippen LogP contribution in [-0.2, 0) is 4.74 Å². The highest BCUT2D eigenvalue weighted by Crippen LogP contribution is 2.31. The van der Waals surface area contributed by atoms with Gasteiger partial charge in [-0.3, -0.25) is 0 Å². The molecule has 6 nitrogen and oxygen atoms in total. The molecule has 0 bridgehead atoms. The molecule has 0 spiro atoms. The average molecular weight is 376 g/mol. The van der Waals surface area contributed by atoms with Crippen molar-refractivity contribution >= 4 is 34.4 Å². The zero-order chi connectivity index (χ0) is 18.1. The largest absolute Gasteiger partial charge is 0.377 e. The fraction of sp³-hybridized carbons (Fsp3) is 0.632. The first kappa shape index (κ1) is 17.7. The summed E-state index contributed by atoms with van der Waals surface area (Å²) in [4.78, 5) is 19.0. The van der Waals surface area contributed by atoms with Crippen molar-refractivity contribution < 1.29 is 4.74 Å². The van der Waals surface area contributed by atoms with E-state index in [2.05, 4.69) is 28.6 Å². The van der Waals surface area contributed by atoms with Crippen LogP contribution in [0.5, 0.6) is 0 Å². The molecule has 2 atom stereocenters. The number of aromatic nitrogens is 3. The Balaban J connectivity index is 1.83. The van der Waals surface area contributed by atoms with Crippen molar-refractivity contribution in [1.29, 1.82) is 0 Å². The smallest absolute Gasteiger partial charge is 0.229 e. The summed E-state index contributed by atoms with van der Waals surface area (Å²) < 4.78 is 5.61. The minimum Gasteiger partial charge on any atom is -0.377 e. The number of anilines is 2. The second-order valence-electron chi connectivity index (χ2n) is 7.22. The number of hydrogen-bond acceptors (Lipinski definition) is 6. The van der Waals surface area contributed by atoms with Gasteiger partial charge in [-0.15, -0.1) is 0 Å². The van der Waals surface area contributed by atoms with Crippen LogP contribution in [0.1, 0.15) is 39.5 Å². The highest BCUT2D eigenvalue weighted by Gasteiger charge is 2.28. The number of hydrogen-bond donors (Lipinski definition) is 0. The van der Waals surface area contributed by atoms with Crippen LogP contribution in [0, 0.1) is 0 Å². The zero-order valence-electron chi connectivity index (χ0n) is 15.5. The molecule has 140 valence electrons. The molecule has 0 saturated carbocycles. The number of rotatable bonds is 3. The highest BCUT2D eigenvalue weighted by atomic mass is 35.5. The van der Waals surface area contributed by atoms with Gasteiger partial charge in [-0.05, 0) is 44.7 Å². The Morgan fingerprint density at radius 3 is 2.85 bits per heavy atom. The Morgan fingerprint density at radius 2 is 2.04 bits per heavy atom. The van der Waals surface area contributed by atoms with Gasteiger partial charge in [0.15, 0.2) is 5.65 Å². The molecule has 2 aromatic rings. The van der Waals surface area contributed by atoms with Crippen molar-refractivity contribution in [2.75, 3.05) is 36.1 Å². The molecule has 7 heteroatoms. The summed E-state index contributed by atoms with van der Waals surface area (Å²) in [5.41, 5.74) is 0.677. The molecule has 0 radical (unpaired) electrons. The summed E-state index contributed by atoms with van der Waals surface area (Å²) in [6, 6.07) is 4.57. The maximum atomic E-state index is 6.16. The second-order valence-corrected chi connectivity index (χ2v) is 7.61. The van der Waals surface area contributed by atoms with Gasteiger partial charge in [-0.2, -0.15) is 9.97 Å². The normalized spacial score (nSPS) is 24.3. The van der Waals surface area contributed by atoms with Crippen molar-refractivity contribution in [3.8, 4) is 0 Å². The fourth-order valence-corrected chi connectivity index (χ4v) is 4.18. The van der Waals surface area contributed by atoms with Crippen molar-refractivity contribution in [3.05, 3.63) is 17.3 Å². The SMILES string of the molecule is CCC1CCCCN1c1nc(N2CCOC[C@@H]2C)c2ccc(Cl)nc2n1. The molecule has 2 saturated heterocycles. The van der Waals surface area contributed by atoms with E-state index in [0.29, 0.717) is 30.1 Å². The summed E-state index contributed by atoms with van der Waals surface area (Å²) in [6.45, 7) is 7.67. The Bertz CT molecular complexity index is 786. The molecule has 0 aromatic carbocycles. The van der Waals surface area contributed by atoms with E-state index in [1.165, 1.54) is 19.3 Å². The first-order chi connectivity index (χ1) is 12.7. The summed E-state index contributed by atoms with van der Waals surface area (Å²) in [7, 11) is 0. The van der Waals surface area contributed by atoms with Crippen LogP contribution in [0.2, 0.25) is 5.15 Å². The molecular formula is C19H26ClN5O. The number of morpholine rings is 1. The lowest BCUT2D eigenvalue weighted by Crippen LogP contribution is -2.45. The number of piperidine rings is 1. The summed E-state index contributed by atoms with van der Waals surface area (Å²) in [6.07, 6.45) is 4.77. The van der Waals surface area contributed by atoms with Gasteiger partial charge in [-0.1, -0.05) is 18.5 Å². The van der Waals surface area contributed by atoms with Crippen LogP contribution in [0.3, 0.4) is 0 Å². The summed E-state index contributed by atoms with van der Waals surface area (Å²) >= 11 is 6.16. The summed E-state index contributed by atoms with van der Waals surface area (Å²) in [5, 5.41) is 1.42. The minimum atomic E-state index is 0.272. The van der Waals surface area contributed by atoms with Crippen LogP contribution in [0.15, 0.2) is 12.1 Å². The quantitative estimate of drug-likeness (QED) is 0.763. The highest BCUT2D eigenvalue weighted by molar-refractivity contribution is 6.29. The van der Waals surface area contributed by atoms with E-state index in [0.717, 1.165) is 36.7 Å². The van der Waals surface area contributed by atoms with Crippen molar-refractivity contribution in [2.24, 2.45) is 0 Å². The number of fused-ring (bicyclic) bond motifs is 1. The third kappa shape index (κ3) is 3.32. The summed E-state index contributed by atoms with van der Waals surface area (Å²) in [5.74, 6) is 1.73. The van der Waals surface area contributed by atoms with Crippen LogP contribution >= 0.6 is 11.6 Å². The first-order valence-electron chi connectivity index (χ1n) is 9.62. The molecule has 0 aliphatic carbocycles. The molecule has 4 heterocycles. The zero-order valence-corrected chi connectivity index (χ0v) is 16.2. The Kier molecular flexibility index (Phi) is 5.14. The monoisotopic (exact) mass is 375 g/mol. The van der Waals surface area contributed by atoms with Crippen LogP contribution in [0.25, 0.3) is 11.0 Å². The van der Waals surface area contributed by atoms with E-state index in [4.69, 9.17) is 26.3 Å². The van der Waals surface area contributed by atoms with Gasteiger partial charge >= 0.3 is 0 Å². The lowest BCUT2D eigenvalue weighted by Gasteiger charge is -2.38. The van der Waals surface area contributed by atoms with Gasteiger partial charge in [0, 0.05) is 19.1 Å². The van der Waals surface area contributed by atoms with Crippen molar-refractivity contribution in [1.82, 2.24) is 15.0 Å². The molecule has 2 fully saturated rings. The molecule has 2 aliphatic rings. The third-order valence-electron chi connectivity index (χ3n) is 5.49. The van der Waals surface area contributed by atoms with E-state index in [1.807, 2.05) is 12.1 Å². The van der Waals surface area contributed by atoms with E-state index < -0.39 is 0 Å². The lowest BCUT2D eigenvalue weighted by atomic mass is 10.0. The molecule has 1 unspecified atom stereocenters. The number of nitrogens with zero attached hydrogens (tertiary/aromatic N) is 5. The lowest BCUT2D eigenvalue weighted by molar-refractivity contribution is 0.0987. The van der Waals surface area contributed by atoms with E-state index in [1.54, 1.807) is 0 Å². The average Bonchev–Trinajstić information content (AvgIpc) is 2.67. The number of ether oxygens (including phenoxy) is 1. The Labute approximate surface area is 159 Å². The maximum Gasteiger partial charge on any atom is 0.229 e. The fourth-order valence-electron chi connectivity index (χ4n) is 4.04. The van der Waals surface area contributed by atoms with E-state index in [9.17, 15) is 0 Å². The minimum absolute atomic E-state index is 0.272. The van der Waals surface area contributed by atoms with Gasteiger partial charge in [-0.25, -0.2) is 4.98 Å². The van der Waals surface area contributed by atoms with Crippen LogP contribution in [0.4, 0.5) is 11.8 Å². The van der Waals surface area contributed by atoms with E-state index >= 15 is 0 Å². The number of halogens is 1. The number of pyridine rings is 1. The predicted octanol–water partition coefficient (Wildman–Crippen LogP) is 3.67. The van der Waals surface area contributed by atoms with Gasteiger partial charge < -0.3 is 14.5 Å². The van der Waals surface area contributed by atoms with Gasteiger partial charge in [0.2, 0.25) is 5.95 Å². The molecule has 0 amide bonds. The molecule has 2 aliphatic heterocycles. The third-order valence-corrected chi connectivity index (χ3v) is 5.70. The predicted molar refractivity (Wildman–Crippen MR) is 105 cm³/mol. The van der Waals surface area contributed by atoms with Crippen molar-refractivity contribution in [2.45, 2.75) is 51.6 Å². The molecule has 2 aromatic heterocycles. The first-order valence-corrected chi connectivity index (χ1v) is 10.0. The van der Waals surface area contributed by atoms with Crippen LogP contribution in [-0.4, -0.2) is 53.3 Å². The van der Waals surface area contributed by atoms with Crippen molar-refractivity contribution in [3.63, 3.8) is 0 Å². The molecular weight excluding hydrogens is 350 g/mol. The Hall–Kier alpha value is -1.66. The standard InChI is InChI=1S/C19H26ClN5O/c1-3-14-6-4-5-9-25(14)19-22-17-15(7-8-16(20)21-17)18(23-19)24-10-11-26-12-13(24)2/h7-8,13-14H,3-6,9-12H2,1-2H3/t13-,14?/m0/s1.